The van der Waals surface area contributed by atoms with Crippen LogP contribution in [0.2, 0.25) is 5.02 Å². The molecule has 6 heteroatoms. The summed E-state index contributed by atoms with van der Waals surface area (Å²) in [6.45, 7) is 0. The number of benzene rings is 1. The Morgan fingerprint density at radius 2 is 2.00 bits per heavy atom. The average molecular weight is 254 g/mol. The van der Waals surface area contributed by atoms with Crippen LogP contribution in [0.4, 0.5) is 13.2 Å². The van der Waals surface area contributed by atoms with Crippen LogP contribution in [0.3, 0.4) is 0 Å². The second-order valence-corrected chi connectivity index (χ2v) is 3.84. The van der Waals surface area contributed by atoms with E-state index in [-0.39, 0.29) is 22.0 Å². The van der Waals surface area contributed by atoms with Gasteiger partial charge in [0.2, 0.25) is 0 Å². The van der Waals surface area contributed by atoms with Crippen molar-refractivity contribution in [1.29, 1.82) is 0 Å². The normalized spacial score (nSPS) is 11.5. The van der Waals surface area contributed by atoms with Gasteiger partial charge in [0.15, 0.2) is 0 Å². The molecule has 0 bridgehead atoms. The molecule has 1 aromatic carbocycles. The highest BCUT2D eigenvalue weighted by Gasteiger charge is 2.33. The molecule has 0 spiro atoms. The number of thiocarbonyl (C=S) groups is 1. The van der Waals surface area contributed by atoms with Gasteiger partial charge in [-0.2, -0.15) is 13.2 Å². The second-order valence-electron chi connectivity index (χ2n) is 2.91. The molecule has 0 aliphatic heterocycles. The van der Waals surface area contributed by atoms with Gasteiger partial charge in [0, 0.05) is 11.4 Å². The molecule has 1 nitrogen and oxygen atoms in total. The van der Waals surface area contributed by atoms with E-state index in [1.54, 1.807) is 0 Å². The lowest BCUT2D eigenvalue weighted by Gasteiger charge is -2.13. The molecular weight excluding hydrogens is 247 g/mol. The Morgan fingerprint density at radius 1 is 1.40 bits per heavy atom. The van der Waals surface area contributed by atoms with Crippen molar-refractivity contribution in [2.24, 2.45) is 5.73 Å². The largest absolute Gasteiger partial charge is 0.416 e. The molecule has 0 fully saturated rings. The van der Waals surface area contributed by atoms with Gasteiger partial charge in [-0.05, 0) is 17.7 Å². The fraction of sp³-hybridized carbons (Fsp3) is 0.222. The highest BCUT2D eigenvalue weighted by Crippen LogP contribution is 2.35. The molecule has 0 heterocycles. The van der Waals surface area contributed by atoms with Crippen molar-refractivity contribution in [2.75, 3.05) is 0 Å². The zero-order valence-corrected chi connectivity index (χ0v) is 9.01. The van der Waals surface area contributed by atoms with Crippen LogP contribution in [0.5, 0.6) is 0 Å². The summed E-state index contributed by atoms with van der Waals surface area (Å²) in [5.74, 6) is 0. The molecule has 2 N–H and O–H groups in total. The Labute approximate surface area is 95.0 Å². The van der Waals surface area contributed by atoms with Crippen molar-refractivity contribution in [3.8, 4) is 0 Å². The number of hydrogen-bond acceptors (Lipinski definition) is 1. The fourth-order valence-electron chi connectivity index (χ4n) is 1.18. The molecule has 1 rings (SSSR count). The lowest BCUT2D eigenvalue weighted by Crippen LogP contribution is -2.16. The zero-order chi connectivity index (χ0) is 11.6. The van der Waals surface area contributed by atoms with Gasteiger partial charge in [-0.1, -0.05) is 29.9 Å². The van der Waals surface area contributed by atoms with Crippen molar-refractivity contribution in [2.45, 2.75) is 12.6 Å². The molecule has 15 heavy (non-hydrogen) atoms. The van der Waals surface area contributed by atoms with Crippen molar-refractivity contribution in [3.05, 3.63) is 34.3 Å². The third kappa shape index (κ3) is 3.07. The standard InChI is InChI=1S/C9H7ClF3NS/c10-7-3-1-2-6(9(11,12)13)5(7)4-8(14)15/h1-3H,4H2,(H2,14,15). The van der Waals surface area contributed by atoms with Crippen molar-refractivity contribution in [1.82, 2.24) is 0 Å². The molecule has 0 aliphatic rings. The predicted octanol–water partition coefficient (Wildman–Crippen LogP) is 3.19. The topological polar surface area (TPSA) is 26.0 Å². The SMILES string of the molecule is NC(=S)Cc1c(Cl)cccc1C(F)(F)F. The van der Waals surface area contributed by atoms with E-state index in [1.165, 1.54) is 12.1 Å². The van der Waals surface area contributed by atoms with Crippen LogP contribution in [0.1, 0.15) is 11.1 Å². The maximum absolute atomic E-state index is 12.5. The van der Waals surface area contributed by atoms with Crippen LogP contribution in [0.25, 0.3) is 0 Å². The predicted molar refractivity (Wildman–Crippen MR) is 56.9 cm³/mol. The summed E-state index contributed by atoms with van der Waals surface area (Å²) in [6.07, 6.45) is -4.59. The fourth-order valence-corrected chi connectivity index (χ4v) is 1.56. The van der Waals surface area contributed by atoms with Gasteiger partial charge < -0.3 is 5.73 Å². The lowest BCUT2D eigenvalue weighted by molar-refractivity contribution is -0.138. The smallest absolute Gasteiger partial charge is 0.393 e. The molecule has 0 saturated heterocycles. The number of alkyl halides is 3. The highest BCUT2D eigenvalue weighted by molar-refractivity contribution is 7.80. The van der Waals surface area contributed by atoms with Crippen LogP contribution < -0.4 is 5.73 Å². The average Bonchev–Trinajstić information content (AvgIpc) is 2.05. The molecule has 0 aliphatic carbocycles. The first-order valence-electron chi connectivity index (χ1n) is 3.95. The van der Waals surface area contributed by atoms with E-state index in [4.69, 9.17) is 17.3 Å². The Bertz CT molecular complexity index is 389. The van der Waals surface area contributed by atoms with Crippen LogP contribution >= 0.6 is 23.8 Å². The van der Waals surface area contributed by atoms with E-state index in [0.717, 1.165) is 6.07 Å². The summed E-state index contributed by atoms with van der Waals surface area (Å²) in [4.78, 5) is -0.0198. The summed E-state index contributed by atoms with van der Waals surface area (Å²) < 4.78 is 37.6. The van der Waals surface area contributed by atoms with Crippen molar-refractivity contribution in [3.63, 3.8) is 0 Å². The summed E-state index contributed by atoms with van der Waals surface area (Å²) in [5, 5.41) is 0.0256. The molecule has 0 amide bonds. The maximum atomic E-state index is 12.5. The van der Waals surface area contributed by atoms with E-state index < -0.39 is 11.7 Å². The quantitative estimate of drug-likeness (QED) is 0.820. The van der Waals surface area contributed by atoms with E-state index in [0.29, 0.717) is 0 Å². The summed E-state index contributed by atoms with van der Waals surface area (Å²) in [7, 11) is 0. The molecule has 82 valence electrons. The lowest BCUT2D eigenvalue weighted by atomic mass is 10.0. The molecule has 1 aromatic rings. The van der Waals surface area contributed by atoms with Gasteiger partial charge >= 0.3 is 6.18 Å². The van der Waals surface area contributed by atoms with Crippen LogP contribution in [-0.4, -0.2) is 4.99 Å². The first-order chi connectivity index (χ1) is 6.82. The Balaban J connectivity index is 3.26. The van der Waals surface area contributed by atoms with E-state index in [1.807, 2.05) is 0 Å². The third-order valence-electron chi connectivity index (χ3n) is 1.78. The number of nitrogens with two attached hydrogens (primary N) is 1. The van der Waals surface area contributed by atoms with Crippen molar-refractivity contribution >= 4 is 28.8 Å². The van der Waals surface area contributed by atoms with Gasteiger partial charge in [-0.3, -0.25) is 0 Å². The summed E-state index contributed by atoms with van der Waals surface area (Å²) in [6, 6.07) is 3.58. The molecule has 0 radical (unpaired) electrons. The molecule has 0 unspecified atom stereocenters. The van der Waals surface area contributed by atoms with E-state index >= 15 is 0 Å². The first-order valence-corrected chi connectivity index (χ1v) is 4.74. The van der Waals surface area contributed by atoms with Gasteiger partial charge in [0.25, 0.3) is 0 Å². The Morgan fingerprint density at radius 3 is 2.47 bits per heavy atom. The van der Waals surface area contributed by atoms with Gasteiger partial charge in [0.05, 0.1) is 10.6 Å². The van der Waals surface area contributed by atoms with Crippen LogP contribution in [0.15, 0.2) is 18.2 Å². The minimum absolute atomic E-state index is 0.0198. The number of rotatable bonds is 2. The van der Waals surface area contributed by atoms with Crippen LogP contribution in [0, 0.1) is 0 Å². The molecule has 0 aromatic heterocycles. The maximum Gasteiger partial charge on any atom is 0.416 e. The van der Waals surface area contributed by atoms with Gasteiger partial charge in [-0.15, -0.1) is 0 Å². The Hall–Kier alpha value is -0.810. The number of hydrogen-bond donors (Lipinski definition) is 1. The first kappa shape index (κ1) is 12.3. The molecule has 0 saturated carbocycles. The minimum atomic E-state index is -4.44. The van der Waals surface area contributed by atoms with Gasteiger partial charge in [-0.25, -0.2) is 0 Å². The summed E-state index contributed by atoms with van der Waals surface area (Å²) >= 11 is 10.2. The molecule has 0 atom stereocenters. The second kappa shape index (κ2) is 4.37. The number of halogens is 4. The zero-order valence-electron chi connectivity index (χ0n) is 7.44. The third-order valence-corrected chi connectivity index (χ3v) is 2.27. The minimum Gasteiger partial charge on any atom is -0.393 e. The Kier molecular flexibility index (Phi) is 3.57. The monoisotopic (exact) mass is 253 g/mol. The van der Waals surface area contributed by atoms with Gasteiger partial charge in [0.1, 0.15) is 0 Å². The molecular formula is C9H7ClF3NS. The van der Waals surface area contributed by atoms with Crippen LogP contribution in [-0.2, 0) is 12.6 Å². The van der Waals surface area contributed by atoms with E-state index in [2.05, 4.69) is 12.2 Å². The highest BCUT2D eigenvalue weighted by atomic mass is 35.5. The van der Waals surface area contributed by atoms with E-state index in [9.17, 15) is 13.2 Å². The summed E-state index contributed by atoms with van der Waals surface area (Å²) in [5.41, 5.74) is 4.35. The van der Waals surface area contributed by atoms with Crippen molar-refractivity contribution < 1.29 is 13.2 Å².